The van der Waals surface area contributed by atoms with E-state index in [1.807, 2.05) is 36.9 Å². The van der Waals surface area contributed by atoms with E-state index in [0.29, 0.717) is 24.5 Å². The van der Waals surface area contributed by atoms with Crippen LogP contribution in [0.4, 0.5) is 0 Å². The number of rotatable bonds is 10. The van der Waals surface area contributed by atoms with E-state index in [-0.39, 0.29) is 5.91 Å². The van der Waals surface area contributed by atoms with E-state index < -0.39 is 0 Å². The number of hydrogen-bond donors (Lipinski definition) is 1. The van der Waals surface area contributed by atoms with E-state index in [2.05, 4.69) is 10.5 Å². The first-order valence-electron chi connectivity index (χ1n) is 9.78. The van der Waals surface area contributed by atoms with Gasteiger partial charge in [0.05, 0.1) is 18.4 Å². The van der Waals surface area contributed by atoms with Crippen LogP contribution in [0.1, 0.15) is 41.8 Å². The molecule has 1 aromatic heterocycles. The Morgan fingerprint density at radius 3 is 2.82 bits per heavy atom. The van der Waals surface area contributed by atoms with Gasteiger partial charge >= 0.3 is 0 Å². The molecule has 28 heavy (non-hydrogen) atoms. The number of aromatic nitrogens is 1. The Balaban J connectivity index is 1.46. The molecule has 0 spiro atoms. The number of benzene rings is 1. The summed E-state index contributed by atoms with van der Waals surface area (Å²) in [5, 5.41) is 7.37. The number of aryl methyl sites for hydroxylation is 2. The largest absolute Gasteiger partial charge is 0.493 e. The lowest BCUT2D eigenvalue weighted by Gasteiger charge is -2.15. The molecule has 1 aromatic carbocycles. The van der Waals surface area contributed by atoms with Crippen LogP contribution in [-0.4, -0.2) is 42.7 Å². The molecule has 2 heterocycles. The van der Waals surface area contributed by atoms with Crippen LogP contribution in [0, 0.1) is 13.8 Å². The van der Waals surface area contributed by atoms with E-state index in [4.69, 9.17) is 14.0 Å². The average molecular weight is 387 g/mol. The zero-order chi connectivity index (χ0) is 19.9. The van der Waals surface area contributed by atoms with Gasteiger partial charge in [-0.2, -0.15) is 0 Å². The quantitative estimate of drug-likeness (QED) is 0.632. The van der Waals surface area contributed by atoms with Crippen molar-refractivity contribution in [3.8, 4) is 11.5 Å². The summed E-state index contributed by atoms with van der Waals surface area (Å²) in [5.74, 6) is 2.46. The van der Waals surface area contributed by atoms with Gasteiger partial charge in [0.25, 0.3) is 0 Å². The Bertz CT molecular complexity index is 783. The molecule has 0 bridgehead atoms. The summed E-state index contributed by atoms with van der Waals surface area (Å²) in [5.41, 5.74) is 2.93. The molecule has 7 nitrogen and oxygen atoms in total. The van der Waals surface area contributed by atoms with Gasteiger partial charge in [-0.3, -0.25) is 4.79 Å². The van der Waals surface area contributed by atoms with Gasteiger partial charge in [-0.15, -0.1) is 0 Å². The Kier molecular flexibility index (Phi) is 6.92. The Hall–Kier alpha value is -2.54. The summed E-state index contributed by atoms with van der Waals surface area (Å²) in [6, 6.07) is 5.94. The van der Waals surface area contributed by atoms with Gasteiger partial charge in [0, 0.05) is 26.1 Å². The molecule has 0 unspecified atom stereocenters. The van der Waals surface area contributed by atoms with Crippen LogP contribution in [0.25, 0.3) is 0 Å². The van der Waals surface area contributed by atoms with E-state index in [0.717, 1.165) is 61.6 Å². The summed E-state index contributed by atoms with van der Waals surface area (Å²) >= 11 is 0. The van der Waals surface area contributed by atoms with Gasteiger partial charge in [-0.05, 0) is 50.9 Å². The number of carbonyl (C=O) groups excluding carboxylic acids is 1. The van der Waals surface area contributed by atoms with Gasteiger partial charge in [0.2, 0.25) is 5.91 Å². The average Bonchev–Trinajstić information content (AvgIpc) is 3.25. The number of nitrogens with one attached hydrogen (secondary N) is 1. The van der Waals surface area contributed by atoms with E-state index in [9.17, 15) is 4.79 Å². The molecule has 1 aliphatic heterocycles. The number of hydrogen-bond acceptors (Lipinski definition) is 6. The van der Waals surface area contributed by atoms with E-state index in [1.54, 1.807) is 7.11 Å². The molecular formula is C21H29N3O4. The van der Waals surface area contributed by atoms with Crippen LogP contribution >= 0.6 is 0 Å². The van der Waals surface area contributed by atoms with Crippen molar-refractivity contribution in [3.05, 3.63) is 40.8 Å². The topological polar surface area (TPSA) is 76.8 Å². The molecule has 0 saturated carbocycles. The minimum Gasteiger partial charge on any atom is -0.493 e. The minimum absolute atomic E-state index is 0.289. The molecule has 1 saturated heterocycles. The van der Waals surface area contributed by atoms with Crippen LogP contribution in [0.5, 0.6) is 11.5 Å². The molecule has 2 aromatic rings. The van der Waals surface area contributed by atoms with Crippen molar-refractivity contribution >= 4 is 5.91 Å². The number of ether oxygens (including phenoxy) is 2. The van der Waals surface area contributed by atoms with Crippen molar-refractivity contribution in [1.82, 2.24) is 15.4 Å². The van der Waals surface area contributed by atoms with Crippen molar-refractivity contribution in [2.45, 2.75) is 46.3 Å². The van der Waals surface area contributed by atoms with Gasteiger partial charge in [0.1, 0.15) is 12.4 Å². The fourth-order valence-electron chi connectivity index (χ4n) is 3.37. The highest BCUT2D eigenvalue weighted by Crippen LogP contribution is 2.29. The molecule has 1 aliphatic rings. The first-order chi connectivity index (χ1) is 13.6. The second-order valence-corrected chi connectivity index (χ2v) is 7.09. The highest BCUT2D eigenvalue weighted by Gasteiger charge is 2.18. The standard InChI is InChI=1S/C21H29N3O4/c1-15-18(16(2)28-23-15)14-27-19-8-7-17(12-20(19)26-3)13-22-9-5-11-24-10-4-6-21(24)25/h7-8,12,22H,4-6,9-11,13-14H2,1-3H3. The molecule has 1 fully saturated rings. The highest BCUT2D eigenvalue weighted by molar-refractivity contribution is 5.77. The number of carbonyl (C=O) groups is 1. The molecule has 0 radical (unpaired) electrons. The molecular weight excluding hydrogens is 358 g/mol. The van der Waals surface area contributed by atoms with Crippen LogP contribution in [0.3, 0.4) is 0 Å². The predicted octanol–water partition coefficient (Wildman–Crippen LogP) is 2.98. The zero-order valence-electron chi connectivity index (χ0n) is 16.9. The first-order valence-corrected chi connectivity index (χ1v) is 9.78. The van der Waals surface area contributed by atoms with Crippen LogP contribution in [0.2, 0.25) is 0 Å². The zero-order valence-corrected chi connectivity index (χ0v) is 16.9. The number of methoxy groups -OCH3 is 1. The van der Waals surface area contributed by atoms with Crippen LogP contribution in [0.15, 0.2) is 22.7 Å². The second-order valence-electron chi connectivity index (χ2n) is 7.09. The second kappa shape index (κ2) is 9.59. The van der Waals surface area contributed by atoms with Crippen molar-refractivity contribution in [2.75, 3.05) is 26.7 Å². The SMILES string of the molecule is COc1cc(CNCCCN2CCCC2=O)ccc1OCc1c(C)noc1C. The normalized spacial score (nSPS) is 14.0. The molecule has 0 atom stereocenters. The fraction of sp³-hybridized carbons (Fsp3) is 0.524. The predicted molar refractivity (Wildman–Crippen MR) is 105 cm³/mol. The summed E-state index contributed by atoms with van der Waals surface area (Å²) in [7, 11) is 1.64. The molecule has 3 rings (SSSR count). The molecule has 152 valence electrons. The smallest absolute Gasteiger partial charge is 0.222 e. The van der Waals surface area contributed by atoms with Gasteiger partial charge in [0.15, 0.2) is 11.5 Å². The molecule has 1 N–H and O–H groups in total. The number of amides is 1. The molecule has 1 amide bonds. The maximum atomic E-state index is 11.6. The highest BCUT2D eigenvalue weighted by atomic mass is 16.5. The van der Waals surface area contributed by atoms with Gasteiger partial charge in [-0.1, -0.05) is 11.2 Å². The van der Waals surface area contributed by atoms with Crippen LogP contribution < -0.4 is 14.8 Å². The summed E-state index contributed by atoms with van der Waals surface area (Å²) in [6.07, 6.45) is 2.66. The van der Waals surface area contributed by atoms with E-state index in [1.165, 1.54) is 0 Å². The Morgan fingerprint density at radius 1 is 1.29 bits per heavy atom. The Labute approximate surface area is 166 Å². The lowest BCUT2D eigenvalue weighted by atomic mass is 10.2. The van der Waals surface area contributed by atoms with Gasteiger partial charge < -0.3 is 24.2 Å². The van der Waals surface area contributed by atoms with Crippen molar-refractivity contribution in [3.63, 3.8) is 0 Å². The maximum Gasteiger partial charge on any atom is 0.222 e. The summed E-state index contributed by atoms with van der Waals surface area (Å²) in [4.78, 5) is 13.6. The minimum atomic E-state index is 0.289. The maximum absolute atomic E-state index is 11.6. The van der Waals surface area contributed by atoms with E-state index >= 15 is 0 Å². The monoisotopic (exact) mass is 387 g/mol. The molecule has 7 heteroatoms. The lowest BCUT2D eigenvalue weighted by molar-refractivity contribution is -0.127. The van der Waals surface area contributed by atoms with Crippen molar-refractivity contribution in [1.29, 1.82) is 0 Å². The number of likely N-dealkylation sites (tertiary alicyclic amines) is 1. The summed E-state index contributed by atoms with van der Waals surface area (Å²) < 4.78 is 16.6. The first kappa shape index (κ1) is 20.2. The lowest BCUT2D eigenvalue weighted by Crippen LogP contribution is -2.28. The van der Waals surface area contributed by atoms with Crippen molar-refractivity contribution in [2.24, 2.45) is 0 Å². The van der Waals surface area contributed by atoms with Crippen LogP contribution in [-0.2, 0) is 17.9 Å². The third-order valence-corrected chi connectivity index (χ3v) is 5.06. The third-order valence-electron chi connectivity index (χ3n) is 5.06. The third kappa shape index (κ3) is 5.04. The molecule has 0 aliphatic carbocycles. The van der Waals surface area contributed by atoms with Gasteiger partial charge in [-0.25, -0.2) is 0 Å². The number of nitrogens with zero attached hydrogens (tertiary/aromatic N) is 2. The Morgan fingerprint density at radius 2 is 2.14 bits per heavy atom. The fourth-order valence-corrected chi connectivity index (χ4v) is 3.37. The van der Waals surface area contributed by atoms with Crippen molar-refractivity contribution < 1.29 is 18.8 Å². The summed E-state index contributed by atoms with van der Waals surface area (Å²) in [6.45, 7) is 7.54.